The second kappa shape index (κ2) is 7.55. The monoisotopic (exact) mass is 415 g/mol. The van der Waals surface area contributed by atoms with E-state index in [-0.39, 0.29) is 22.8 Å². The summed E-state index contributed by atoms with van der Waals surface area (Å²) in [7, 11) is -3.37. The van der Waals surface area contributed by atoms with Crippen LogP contribution < -0.4 is 5.01 Å². The number of hydrogen-bond acceptors (Lipinski definition) is 7. The minimum Gasteiger partial charge on any atom is -0.298 e. The Hall–Kier alpha value is -3.40. The van der Waals surface area contributed by atoms with Gasteiger partial charge >= 0.3 is 0 Å². The minimum absolute atomic E-state index is 0.0673. The van der Waals surface area contributed by atoms with Crippen LogP contribution in [0, 0.1) is 16.0 Å². The summed E-state index contributed by atoms with van der Waals surface area (Å²) in [6.45, 7) is 1.57. The molecule has 1 aliphatic rings. The summed E-state index contributed by atoms with van der Waals surface area (Å²) in [6, 6.07) is 11.2. The van der Waals surface area contributed by atoms with Gasteiger partial charge in [0.2, 0.25) is 0 Å². The van der Waals surface area contributed by atoms with E-state index < -0.39 is 26.6 Å². The molecule has 0 saturated heterocycles. The number of hydrogen-bond donors (Lipinski definition) is 0. The van der Waals surface area contributed by atoms with E-state index in [1.807, 2.05) is 0 Å². The summed E-state index contributed by atoms with van der Waals surface area (Å²) in [4.78, 5) is 35.7. The first kappa shape index (κ1) is 20.3. The van der Waals surface area contributed by atoms with E-state index in [1.165, 1.54) is 48.5 Å². The average Bonchev–Trinajstić information content (AvgIpc) is 2.96. The lowest BCUT2D eigenvalue weighted by Crippen LogP contribution is -2.33. The number of anilines is 1. The number of carbonyl (C=O) groups excluding carboxylic acids is 2. The van der Waals surface area contributed by atoms with E-state index in [0.717, 1.165) is 11.3 Å². The molecule has 0 fully saturated rings. The summed E-state index contributed by atoms with van der Waals surface area (Å²) in [5, 5.41) is 16.0. The highest BCUT2D eigenvalue weighted by molar-refractivity contribution is 7.90. The van der Waals surface area contributed by atoms with Crippen LogP contribution in [0.25, 0.3) is 0 Å². The van der Waals surface area contributed by atoms with Crippen molar-refractivity contribution in [3.05, 3.63) is 64.2 Å². The summed E-state index contributed by atoms with van der Waals surface area (Å²) < 4.78 is 23.1. The number of nitro groups is 1. The lowest BCUT2D eigenvalue weighted by Gasteiger charge is -2.14. The molecule has 0 N–H and O–H groups in total. The number of sulfone groups is 1. The van der Waals surface area contributed by atoms with Crippen molar-refractivity contribution in [1.82, 2.24) is 0 Å². The van der Waals surface area contributed by atoms with Crippen LogP contribution in [0.15, 0.2) is 58.5 Å². The van der Waals surface area contributed by atoms with E-state index in [0.29, 0.717) is 17.0 Å². The molecule has 0 aromatic heterocycles. The van der Waals surface area contributed by atoms with Crippen molar-refractivity contribution >= 4 is 38.6 Å². The Bertz CT molecular complexity index is 1120. The zero-order valence-corrected chi connectivity index (χ0v) is 16.4. The zero-order chi connectivity index (χ0) is 21.3. The molecule has 0 saturated carbocycles. The molecule has 1 aliphatic heterocycles. The molecule has 0 spiro atoms. The first-order valence-corrected chi connectivity index (χ1v) is 10.4. The summed E-state index contributed by atoms with van der Waals surface area (Å²) in [5.74, 6) is -1.96. The van der Waals surface area contributed by atoms with E-state index in [2.05, 4.69) is 5.10 Å². The maximum atomic E-state index is 12.8. The first-order chi connectivity index (χ1) is 13.6. The van der Waals surface area contributed by atoms with Crippen LogP contribution in [0.3, 0.4) is 0 Å². The van der Waals surface area contributed by atoms with Crippen molar-refractivity contribution in [2.45, 2.75) is 18.2 Å². The highest BCUT2D eigenvalue weighted by atomic mass is 32.2. The van der Waals surface area contributed by atoms with Gasteiger partial charge in [0.15, 0.2) is 15.6 Å². The third kappa shape index (κ3) is 4.21. The maximum Gasteiger partial charge on any atom is 0.269 e. The number of benzene rings is 2. The number of Topliss-reactive ketones (excluding diaryl/α,β-unsaturated/α-hetero) is 1. The van der Waals surface area contributed by atoms with E-state index in [4.69, 9.17) is 0 Å². The number of carbonyl (C=O) groups is 2. The molecule has 2 aromatic rings. The normalized spacial score (nSPS) is 16.6. The Kier molecular flexibility index (Phi) is 5.29. The summed E-state index contributed by atoms with van der Waals surface area (Å²) >= 11 is 0. The maximum absolute atomic E-state index is 12.8. The number of nitrogens with zero attached hydrogens (tertiary/aromatic N) is 3. The van der Waals surface area contributed by atoms with Crippen molar-refractivity contribution in [1.29, 1.82) is 0 Å². The van der Waals surface area contributed by atoms with Crippen molar-refractivity contribution < 1.29 is 22.9 Å². The van der Waals surface area contributed by atoms with Crippen LogP contribution in [-0.4, -0.2) is 37.0 Å². The zero-order valence-electron chi connectivity index (χ0n) is 15.6. The first-order valence-electron chi connectivity index (χ1n) is 8.53. The molecule has 150 valence electrons. The van der Waals surface area contributed by atoms with Crippen LogP contribution in [0.2, 0.25) is 0 Å². The fourth-order valence-electron chi connectivity index (χ4n) is 2.99. The number of nitro benzene ring substituents is 1. The number of amides is 1. The average molecular weight is 415 g/mol. The van der Waals surface area contributed by atoms with Crippen LogP contribution in [0.1, 0.15) is 12.5 Å². The van der Waals surface area contributed by atoms with E-state index >= 15 is 0 Å². The molecule has 1 heterocycles. The van der Waals surface area contributed by atoms with Crippen LogP contribution in [0.4, 0.5) is 11.4 Å². The van der Waals surface area contributed by atoms with Gasteiger partial charge in [-0.1, -0.05) is 12.1 Å². The standard InChI is InChI=1S/C19H17N3O6S/c1-12-18(17(23)11-13-3-5-15(6-4-13)22(25)26)19(24)21(20-12)14-7-9-16(10-8-14)29(2,27)28/h3-10,18H,11H2,1-2H3. The van der Waals surface area contributed by atoms with Gasteiger partial charge in [0, 0.05) is 24.8 Å². The molecule has 0 aliphatic carbocycles. The number of rotatable bonds is 6. The van der Waals surface area contributed by atoms with Gasteiger partial charge in [-0.15, -0.1) is 0 Å². The van der Waals surface area contributed by atoms with Crippen LogP contribution in [-0.2, 0) is 25.8 Å². The van der Waals surface area contributed by atoms with Crippen LogP contribution >= 0.6 is 0 Å². The van der Waals surface area contributed by atoms with E-state index in [1.54, 1.807) is 6.92 Å². The van der Waals surface area contributed by atoms with Crippen molar-refractivity contribution in [2.24, 2.45) is 11.0 Å². The molecule has 2 aromatic carbocycles. The molecule has 10 heteroatoms. The topological polar surface area (TPSA) is 127 Å². The molecular weight excluding hydrogens is 398 g/mol. The van der Waals surface area contributed by atoms with Gasteiger partial charge < -0.3 is 0 Å². The molecule has 0 bridgehead atoms. The number of non-ortho nitro benzene ring substituents is 1. The lowest BCUT2D eigenvalue weighted by atomic mass is 9.94. The molecular formula is C19H17N3O6S. The van der Waals surface area contributed by atoms with Gasteiger partial charge in [-0.2, -0.15) is 10.1 Å². The predicted octanol–water partition coefficient (Wildman–Crippen LogP) is 2.15. The SMILES string of the molecule is CC1=NN(c2ccc(S(C)(=O)=O)cc2)C(=O)C1C(=O)Cc1ccc([N+](=O)[O-])cc1. The fraction of sp³-hybridized carbons (Fsp3) is 0.211. The van der Waals surface area contributed by atoms with Crippen molar-refractivity contribution in [3.8, 4) is 0 Å². The van der Waals surface area contributed by atoms with Crippen LogP contribution in [0.5, 0.6) is 0 Å². The predicted molar refractivity (Wildman–Crippen MR) is 105 cm³/mol. The van der Waals surface area contributed by atoms with E-state index in [9.17, 15) is 28.1 Å². The fourth-order valence-corrected chi connectivity index (χ4v) is 3.63. The molecule has 9 nitrogen and oxygen atoms in total. The molecule has 29 heavy (non-hydrogen) atoms. The smallest absolute Gasteiger partial charge is 0.269 e. The van der Waals surface area contributed by atoms with Gasteiger partial charge in [0.25, 0.3) is 11.6 Å². The molecule has 0 radical (unpaired) electrons. The molecule has 1 unspecified atom stereocenters. The van der Waals surface area contributed by atoms with Crippen molar-refractivity contribution in [2.75, 3.05) is 11.3 Å². The quantitative estimate of drug-likeness (QED) is 0.404. The highest BCUT2D eigenvalue weighted by Crippen LogP contribution is 2.26. The van der Waals surface area contributed by atoms with Crippen molar-refractivity contribution in [3.63, 3.8) is 0 Å². The van der Waals surface area contributed by atoms with Gasteiger partial charge in [-0.3, -0.25) is 19.7 Å². The summed E-state index contributed by atoms with van der Waals surface area (Å²) in [5.41, 5.74) is 1.15. The lowest BCUT2D eigenvalue weighted by molar-refractivity contribution is -0.384. The summed E-state index contributed by atoms with van der Waals surface area (Å²) in [6.07, 6.45) is 1.01. The molecule has 1 amide bonds. The Morgan fingerprint density at radius 2 is 1.72 bits per heavy atom. The number of ketones is 1. The van der Waals surface area contributed by atoms with Gasteiger partial charge in [-0.05, 0) is 36.8 Å². The Morgan fingerprint density at radius 1 is 1.14 bits per heavy atom. The minimum atomic E-state index is -3.37. The Labute approximate surface area is 166 Å². The Morgan fingerprint density at radius 3 is 2.24 bits per heavy atom. The Balaban J connectivity index is 1.76. The number of hydrazone groups is 1. The third-order valence-corrected chi connectivity index (χ3v) is 5.62. The molecule has 3 rings (SSSR count). The van der Waals surface area contributed by atoms with Gasteiger partial charge in [0.1, 0.15) is 5.92 Å². The van der Waals surface area contributed by atoms with Gasteiger partial charge in [0.05, 0.1) is 21.2 Å². The third-order valence-electron chi connectivity index (χ3n) is 4.49. The van der Waals surface area contributed by atoms with Gasteiger partial charge in [-0.25, -0.2) is 8.42 Å². The second-order valence-corrected chi connectivity index (χ2v) is 8.67. The highest BCUT2D eigenvalue weighted by Gasteiger charge is 2.39. The second-order valence-electron chi connectivity index (χ2n) is 6.66. The largest absolute Gasteiger partial charge is 0.298 e. The molecule has 1 atom stereocenters.